The standard InChI is InChI=1S/C14H17N3/c1-10-6-3-4-7-11(10)13-14-12(17(2)16-13)8-5-9-15-14/h3-4,6-7,15H,5,8-9H2,1-2H3. The Morgan fingerprint density at radius 1 is 1.29 bits per heavy atom. The van der Waals surface area contributed by atoms with Gasteiger partial charge in [-0.2, -0.15) is 5.10 Å². The number of hydrogen-bond acceptors (Lipinski definition) is 2. The second kappa shape index (κ2) is 3.91. The number of aromatic nitrogens is 2. The van der Waals surface area contributed by atoms with Gasteiger partial charge in [0.25, 0.3) is 0 Å². The minimum atomic E-state index is 1.05. The average Bonchev–Trinajstić information content (AvgIpc) is 2.68. The largest absolute Gasteiger partial charge is 0.382 e. The van der Waals surface area contributed by atoms with Crippen molar-refractivity contribution >= 4 is 5.69 Å². The quantitative estimate of drug-likeness (QED) is 0.811. The normalized spacial score (nSPS) is 14.2. The van der Waals surface area contributed by atoms with Crippen LogP contribution in [0, 0.1) is 6.92 Å². The van der Waals surface area contributed by atoms with E-state index in [1.807, 2.05) is 11.7 Å². The Bertz CT molecular complexity index is 555. The molecule has 3 nitrogen and oxygen atoms in total. The highest BCUT2D eigenvalue weighted by atomic mass is 15.3. The number of fused-ring (bicyclic) bond motifs is 1. The van der Waals surface area contributed by atoms with Crippen LogP contribution in [0.15, 0.2) is 24.3 Å². The molecule has 1 aliphatic heterocycles. The monoisotopic (exact) mass is 227 g/mol. The summed E-state index contributed by atoms with van der Waals surface area (Å²) in [7, 11) is 2.04. The highest BCUT2D eigenvalue weighted by molar-refractivity contribution is 5.78. The molecule has 0 amide bonds. The minimum Gasteiger partial charge on any atom is -0.382 e. The van der Waals surface area contributed by atoms with Crippen molar-refractivity contribution in [3.63, 3.8) is 0 Å². The third kappa shape index (κ3) is 1.62. The van der Waals surface area contributed by atoms with E-state index in [-0.39, 0.29) is 0 Å². The van der Waals surface area contributed by atoms with Gasteiger partial charge in [-0.1, -0.05) is 24.3 Å². The predicted octanol–water partition coefficient (Wildman–Crippen LogP) is 2.75. The number of anilines is 1. The fourth-order valence-corrected chi connectivity index (χ4v) is 2.53. The lowest BCUT2D eigenvalue weighted by molar-refractivity contribution is 0.683. The predicted molar refractivity (Wildman–Crippen MR) is 70.2 cm³/mol. The van der Waals surface area contributed by atoms with Crippen LogP contribution >= 0.6 is 0 Å². The zero-order chi connectivity index (χ0) is 11.8. The molecule has 3 heteroatoms. The lowest BCUT2D eigenvalue weighted by Gasteiger charge is -2.15. The summed E-state index contributed by atoms with van der Waals surface area (Å²) in [5, 5.41) is 8.17. The minimum absolute atomic E-state index is 1.05. The van der Waals surface area contributed by atoms with Gasteiger partial charge in [0.2, 0.25) is 0 Å². The van der Waals surface area contributed by atoms with Crippen LogP contribution in [0.3, 0.4) is 0 Å². The van der Waals surface area contributed by atoms with Crippen molar-refractivity contribution in [1.29, 1.82) is 0 Å². The van der Waals surface area contributed by atoms with Gasteiger partial charge in [-0.25, -0.2) is 0 Å². The van der Waals surface area contributed by atoms with Crippen molar-refractivity contribution in [3.05, 3.63) is 35.5 Å². The van der Waals surface area contributed by atoms with Crippen LogP contribution in [-0.4, -0.2) is 16.3 Å². The third-order valence-corrected chi connectivity index (χ3v) is 3.46. The second-order valence-corrected chi connectivity index (χ2v) is 4.64. The Morgan fingerprint density at radius 2 is 2.12 bits per heavy atom. The van der Waals surface area contributed by atoms with Crippen LogP contribution in [0.25, 0.3) is 11.3 Å². The Labute approximate surface area is 101 Å². The number of benzene rings is 1. The van der Waals surface area contributed by atoms with Gasteiger partial charge in [-0.3, -0.25) is 4.68 Å². The molecule has 0 bridgehead atoms. The Morgan fingerprint density at radius 3 is 2.94 bits per heavy atom. The second-order valence-electron chi connectivity index (χ2n) is 4.64. The number of hydrogen-bond donors (Lipinski definition) is 1. The molecular formula is C14H17N3. The van der Waals surface area contributed by atoms with E-state index in [4.69, 9.17) is 0 Å². The molecule has 2 heterocycles. The molecule has 1 N–H and O–H groups in total. The lowest BCUT2D eigenvalue weighted by atomic mass is 10.0. The van der Waals surface area contributed by atoms with E-state index >= 15 is 0 Å². The molecular weight excluding hydrogens is 210 g/mol. The summed E-state index contributed by atoms with van der Waals surface area (Å²) in [6, 6.07) is 8.43. The first-order chi connectivity index (χ1) is 8.27. The van der Waals surface area contributed by atoms with Crippen molar-refractivity contribution in [2.45, 2.75) is 19.8 Å². The zero-order valence-corrected chi connectivity index (χ0v) is 10.3. The Kier molecular flexibility index (Phi) is 2.39. The highest BCUT2D eigenvalue weighted by Gasteiger charge is 2.20. The van der Waals surface area contributed by atoms with Crippen molar-refractivity contribution in [2.24, 2.45) is 7.05 Å². The smallest absolute Gasteiger partial charge is 0.116 e. The first kappa shape index (κ1) is 10.4. The number of rotatable bonds is 1. The summed E-state index contributed by atoms with van der Waals surface area (Å²) in [6.45, 7) is 3.19. The molecule has 17 heavy (non-hydrogen) atoms. The maximum Gasteiger partial charge on any atom is 0.116 e. The number of nitrogens with zero attached hydrogens (tertiary/aromatic N) is 2. The van der Waals surface area contributed by atoms with Crippen molar-refractivity contribution < 1.29 is 0 Å². The van der Waals surface area contributed by atoms with Gasteiger partial charge in [0.1, 0.15) is 5.69 Å². The van der Waals surface area contributed by atoms with Crippen LogP contribution in [-0.2, 0) is 13.5 Å². The van der Waals surface area contributed by atoms with Gasteiger partial charge >= 0.3 is 0 Å². The molecule has 3 rings (SSSR count). The van der Waals surface area contributed by atoms with Crippen molar-refractivity contribution in [3.8, 4) is 11.3 Å². The van der Waals surface area contributed by atoms with Gasteiger partial charge in [0.15, 0.2) is 0 Å². The molecule has 0 unspecified atom stereocenters. The third-order valence-electron chi connectivity index (χ3n) is 3.46. The molecule has 0 radical (unpaired) electrons. The number of nitrogens with one attached hydrogen (secondary N) is 1. The topological polar surface area (TPSA) is 29.9 Å². The molecule has 0 saturated carbocycles. The molecule has 0 saturated heterocycles. The SMILES string of the molecule is Cc1ccccc1-c1nn(C)c2c1NCCC2. The molecule has 2 aromatic rings. The van der Waals surface area contributed by atoms with Gasteiger partial charge in [-0.15, -0.1) is 0 Å². The first-order valence-corrected chi connectivity index (χ1v) is 6.13. The van der Waals surface area contributed by atoms with E-state index in [1.54, 1.807) is 0 Å². The molecule has 1 aromatic heterocycles. The van der Waals surface area contributed by atoms with E-state index in [0.717, 1.165) is 18.7 Å². The van der Waals surface area contributed by atoms with Gasteiger partial charge in [0.05, 0.1) is 11.4 Å². The Hall–Kier alpha value is -1.77. The maximum atomic E-state index is 4.68. The molecule has 0 fully saturated rings. The maximum absolute atomic E-state index is 4.68. The number of aryl methyl sites for hydroxylation is 2. The van der Waals surface area contributed by atoms with Gasteiger partial charge in [0, 0.05) is 19.2 Å². The lowest BCUT2D eigenvalue weighted by Crippen LogP contribution is -2.13. The summed E-state index contributed by atoms with van der Waals surface area (Å²) < 4.78 is 2.02. The molecule has 1 aromatic carbocycles. The summed E-state index contributed by atoms with van der Waals surface area (Å²) in [6.07, 6.45) is 2.32. The fourth-order valence-electron chi connectivity index (χ4n) is 2.53. The van der Waals surface area contributed by atoms with Crippen molar-refractivity contribution in [1.82, 2.24) is 9.78 Å². The Balaban J connectivity index is 2.19. The van der Waals surface area contributed by atoms with Crippen LogP contribution in [0.1, 0.15) is 17.7 Å². The van der Waals surface area contributed by atoms with Crippen LogP contribution in [0.5, 0.6) is 0 Å². The van der Waals surface area contributed by atoms with E-state index in [2.05, 4.69) is 41.6 Å². The van der Waals surface area contributed by atoms with Gasteiger partial charge < -0.3 is 5.32 Å². The van der Waals surface area contributed by atoms with E-state index < -0.39 is 0 Å². The molecule has 88 valence electrons. The summed E-state index contributed by atoms with van der Waals surface area (Å²) >= 11 is 0. The first-order valence-electron chi connectivity index (χ1n) is 6.13. The van der Waals surface area contributed by atoms with E-state index in [9.17, 15) is 0 Å². The summed E-state index contributed by atoms with van der Waals surface area (Å²) in [5.74, 6) is 0. The van der Waals surface area contributed by atoms with Crippen molar-refractivity contribution in [2.75, 3.05) is 11.9 Å². The van der Waals surface area contributed by atoms with E-state index in [0.29, 0.717) is 0 Å². The summed E-state index contributed by atoms with van der Waals surface area (Å²) in [5.41, 5.74) is 6.17. The fraction of sp³-hybridized carbons (Fsp3) is 0.357. The molecule has 0 spiro atoms. The molecule has 0 atom stereocenters. The molecule has 0 aliphatic carbocycles. The van der Waals surface area contributed by atoms with Crippen LogP contribution < -0.4 is 5.32 Å². The van der Waals surface area contributed by atoms with Gasteiger partial charge in [-0.05, 0) is 25.3 Å². The van der Waals surface area contributed by atoms with Crippen LogP contribution in [0.4, 0.5) is 5.69 Å². The highest BCUT2D eigenvalue weighted by Crippen LogP contribution is 2.34. The summed E-state index contributed by atoms with van der Waals surface area (Å²) in [4.78, 5) is 0. The van der Waals surface area contributed by atoms with E-state index in [1.165, 1.54) is 28.9 Å². The molecule has 1 aliphatic rings. The average molecular weight is 227 g/mol. The zero-order valence-electron chi connectivity index (χ0n) is 10.3. The van der Waals surface area contributed by atoms with Crippen LogP contribution in [0.2, 0.25) is 0 Å².